The van der Waals surface area contributed by atoms with Gasteiger partial charge in [-0.3, -0.25) is 4.79 Å². The molecule has 0 aliphatic rings. The van der Waals surface area contributed by atoms with Gasteiger partial charge in [-0.25, -0.2) is 13.8 Å². The van der Waals surface area contributed by atoms with E-state index in [0.717, 1.165) is 18.2 Å². The molecular formula is C13H12F2N2O2. The van der Waals surface area contributed by atoms with Gasteiger partial charge in [0.15, 0.2) is 0 Å². The smallest absolute Gasteiger partial charge is 0.303 e. The quantitative estimate of drug-likeness (QED) is 0.894. The summed E-state index contributed by atoms with van der Waals surface area (Å²) in [5.74, 6) is -1.61. The van der Waals surface area contributed by atoms with Crippen molar-refractivity contribution in [2.45, 2.75) is 19.8 Å². The second-order valence-corrected chi connectivity index (χ2v) is 4.18. The third kappa shape index (κ3) is 2.96. The maximum Gasteiger partial charge on any atom is 0.303 e. The molecule has 0 bridgehead atoms. The van der Waals surface area contributed by atoms with Crippen LogP contribution in [0.4, 0.5) is 8.78 Å². The Labute approximate surface area is 108 Å². The summed E-state index contributed by atoms with van der Waals surface area (Å²) >= 11 is 0. The highest BCUT2D eigenvalue weighted by Gasteiger charge is 2.14. The summed E-state index contributed by atoms with van der Waals surface area (Å²) < 4.78 is 26.8. The number of halogens is 2. The van der Waals surface area contributed by atoms with E-state index in [4.69, 9.17) is 5.11 Å². The molecule has 2 aromatic rings. The van der Waals surface area contributed by atoms with Gasteiger partial charge in [0.25, 0.3) is 0 Å². The van der Waals surface area contributed by atoms with Crippen LogP contribution >= 0.6 is 0 Å². The first-order valence-corrected chi connectivity index (χ1v) is 5.70. The number of benzene rings is 1. The Morgan fingerprint density at radius 2 is 2.16 bits per heavy atom. The molecule has 0 aliphatic carbocycles. The van der Waals surface area contributed by atoms with Crippen molar-refractivity contribution >= 4 is 5.97 Å². The fourth-order valence-corrected chi connectivity index (χ4v) is 1.81. The van der Waals surface area contributed by atoms with Crippen LogP contribution in [0.1, 0.15) is 17.9 Å². The summed E-state index contributed by atoms with van der Waals surface area (Å²) in [4.78, 5) is 17.5. The fourth-order valence-electron chi connectivity index (χ4n) is 1.81. The molecule has 19 heavy (non-hydrogen) atoms. The van der Waals surface area contributed by atoms with Gasteiger partial charge in [-0.1, -0.05) is 0 Å². The van der Waals surface area contributed by atoms with Gasteiger partial charge in [0.2, 0.25) is 0 Å². The SMILES string of the molecule is Cc1[nH]c(CCC(=O)O)nc1-c1cc(F)ccc1F. The van der Waals surface area contributed by atoms with E-state index in [-0.39, 0.29) is 18.4 Å². The van der Waals surface area contributed by atoms with E-state index in [0.29, 0.717) is 17.2 Å². The fraction of sp³-hybridized carbons (Fsp3) is 0.231. The summed E-state index contributed by atoms with van der Waals surface area (Å²) in [5.41, 5.74) is 0.942. The molecule has 100 valence electrons. The summed E-state index contributed by atoms with van der Waals surface area (Å²) in [7, 11) is 0. The molecule has 4 nitrogen and oxygen atoms in total. The standard InChI is InChI=1S/C13H12F2N2O2/c1-7-13(9-6-8(14)2-3-10(9)15)17-11(16-7)4-5-12(18)19/h2-3,6H,4-5H2,1H3,(H,16,17)(H,18,19). The lowest BCUT2D eigenvalue weighted by Gasteiger charge is -2.00. The Kier molecular flexibility index (Phi) is 3.59. The number of rotatable bonds is 4. The van der Waals surface area contributed by atoms with Gasteiger partial charge in [-0.05, 0) is 25.1 Å². The number of aliphatic carboxylic acids is 1. The molecule has 1 aromatic carbocycles. The van der Waals surface area contributed by atoms with E-state index in [1.165, 1.54) is 0 Å². The number of carboxylic acids is 1. The van der Waals surface area contributed by atoms with Gasteiger partial charge in [-0.2, -0.15) is 0 Å². The van der Waals surface area contributed by atoms with E-state index in [2.05, 4.69) is 9.97 Å². The molecule has 0 atom stereocenters. The van der Waals surface area contributed by atoms with Gasteiger partial charge in [0, 0.05) is 17.7 Å². The van der Waals surface area contributed by atoms with Crippen LogP contribution in [0.5, 0.6) is 0 Å². The Morgan fingerprint density at radius 1 is 1.42 bits per heavy atom. The number of H-pyrrole nitrogens is 1. The van der Waals surface area contributed by atoms with Crippen LogP contribution in [0.25, 0.3) is 11.3 Å². The maximum atomic E-state index is 13.6. The van der Waals surface area contributed by atoms with Crippen molar-refractivity contribution in [2.24, 2.45) is 0 Å². The third-order valence-electron chi connectivity index (χ3n) is 2.69. The Bertz CT molecular complexity index is 623. The molecule has 0 amide bonds. The predicted molar refractivity (Wildman–Crippen MR) is 64.6 cm³/mol. The molecular weight excluding hydrogens is 254 g/mol. The first-order chi connectivity index (χ1) is 8.97. The van der Waals surface area contributed by atoms with Crippen LogP contribution < -0.4 is 0 Å². The van der Waals surface area contributed by atoms with Gasteiger partial charge >= 0.3 is 5.97 Å². The normalized spacial score (nSPS) is 10.7. The molecule has 2 rings (SSSR count). The number of carboxylic acid groups (broad SMARTS) is 1. The van der Waals surface area contributed by atoms with Crippen molar-refractivity contribution in [3.63, 3.8) is 0 Å². The van der Waals surface area contributed by atoms with Crippen molar-refractivity contribution in [1.82, 2.24) is 9.97 Å². The van der Waals surface area contributed by atoms with Crippen molar-refractivity contribution in [2.75, 3.05) is 0 Å². The number of carbonyl (C=O) groups is 1. The molecule has 6 heteroatoms. The number of nitrogens with zero attached hydrogens (tertiary/aromatic N) is 1. The number of aromatic nitrogens is 2. The van der Waals surface area contributed by atoms with Crippen molar-refractivity contribution in [3.8, 4) is 11.3 Å². The van der Waals surface area contributed by atoms with E-state index in [1.807, 2.05) is 0 Å². The number of aromatic amines is 1. The highest BCUT2D eigenvalue weighted by atomic mass is 19.1. The van der Waals surface area contributed by atoms with Crippen LogP contribution in [-0.2, 0) is 11.2 Å². The second-order valence-electron chi connectivity index (χ2n) is 4.18. The molecule has 0 fully saturated rings. The van der Waals surface area contributed by atoms with Crippen molar-refractivity contribution in [1.29, 1.82) is 0 Å². The molecule has 0 radical (unpaired) electrons. The molecule has 0 unspecified atom stereocenters. The number of hydrogen-bond acceptors (Lipinski definition) is 2. The number of aryl methyl sites for hydroxylation is 2. The minimum atomic E-state index is -0.937. The molecule has 1 heterocycles. The van der Waals surface area contributed by atoms with Crippen molar-refractivity contribution < 1.29 is 18.7 Å². The van der Waals surface area contributed by atoms with Gasteiger partial charge in [0.1, 0.15) is 17.5 Å². The van der Waals surface area contributed by atoms with Crippen molar-refractivity contribution in [3.05, 3.63) is 41.4 Å². The lowest BCUT2D eigenvalue weighted by Crippen LogP contribution is -1.98. The number of imidazole rings is 1. The van der Waals surface area contributed by atoms with Crippen LogP contribution in [-0.4, -0.2) is 21.0 Å². The minimum Gasteiger partial charge on any atom is -0.481 e. The summed E-state index contributed by atoms with van der Waals surface area (Å²) in [5, 5.41) is 8.60. The Hall–Kier alpha value is -2.24. The monoisotopic (exact) mass is 266 g/mol. The van der Waals surface area contributed by atoms with E-state index in [1.54, 1.807) is 6.92 Å². The highest BCUT2D eigenvalue weighted by Crippen LogP contribution is 2.25. The molecule has 2 N–H and O–H groups in total. The highest BCUT2D eigenvalue weighted by molar-refractivity contribution is 5.67. The van der Waals surface area contributed by atoms with Crippen LogP contribution in [0.15, 0.2) is 18.2 Å². The summed E-state index contributed by atoms with van der Waals surface area (Å²) in [6, 6.07) is 3.14. The zero-order valence-corrected chi connectivity index (χ0v) is 10.2. The third-order valence-corrected chi connectivity index (χ3v) is 2.69. The number of hydrogen-bond donors (Lipinski definition) is 2. The molecule has 0 spiro atoms. The van der Waals surface area contributed by atoms with Crippen LogP contribution in [0.2, 0.25) is 0 Å². The van der Waals surface area contributed by atoms with E-state index in [9.17, 15) is 13.6 Å². The number of nitrogens with one attached hydrogen (secondary N) is 1. The van der Waals surface area contributed by atoms with Gasteiger partial charge < -0.3 is 10.1 Å². The predicted octanol–water partition coefficient (Wildman–Crippen LogP) is 2.68. The van der Waals surface area contributed by atoms with E-state index >= 15 is 0 Å². The summed E-state index contributed by atoms with van der Waals surface area (Å²) in [6.45, 7) is 1.68. The molecule has 0 saturated carbocycles. The first-order valence-electron chi connectivity index (χ1n) is 5.70. The maximum absolute atomic E-state index is 13.6. The van der Waals surface area contributed by atoms with Gasteiger partial charge in [-0.15, -0.1) is 0 Å². The largest absolute Gasteiger partial charge is 0.481 e. The topological polar surface area (TPSA) is 66.0 Å². The van der Waals surface area contributed by atoms with Crippen LogP contribution in [0.3, 0.4) is 0 Å². The van der Waals surface area contributed by atoms with Crippen LogP contribution in [0, 0.1) is 18.6 Å². The summed E-state index contributed by atoms with van der Waals surface area (Å²) in [6.07, 6.45) is 0.144. The molecule has 0 aliphatic heterocycles. The average molecular weight is 266 g/mol. The average Bonchev–Trinajstić information content (AvgIpc) is 2.71. The molecule has 0 saturated heterocycles. The zero-order valence-electron chi connectivity index (χ0n) is 10.2. The molecule has 1 aromatic heterocycles. The zero-order chi connectivity index (χ0) is 14.0. The minimum absolute atomic E-state index is 0.0651. The lowest BCUT2D eigenvalue weighted by atomic mass is 10.1. The second kappa shape index (κ2) is 5.17. The Morgan fingerprint density at radius 3 is 2.84 bits per heavy atom. The first kappa shape index (κ1) is 13.2. The Balaban J connectivity index is 2.34. The lowest BCUT2D eigenvalue weighted by molar-refractivity contribution is -0.137. The van der Waals surface area contributed by atoms with Gasteiger partial charge in [0.05, 0.1) is 12.1 Å². The van der Waals surface area contributed by atoms with E-state index < -0.39 is 17.6 Å².